The molecule has 3 rings (SSSR count). The van der Waals surface area contributed by atoms with Crippen LogP contribution in [0.1, 0.15) is 11.4 Å². The maximum absolute atomic E-state index is 4.71. The van der Waals surface area contributed by atoms with E-state index < -0.39 is 0 Å². The minimum Gasteiger partial charge on any atom is -0.330 e. The fourth-order valence-electron chi connectivity index (χ4n) is 2.33. The maximum Gasteiger partial charge on any atom is 0.123 e. The molecule has 3 nitrogen and oxygen atoms in total. The van der Waals surface area contributed by atoms with Crippen LogP contribution in [0.2, 0.25) is 0 Å². The van der Waals surface area contributed by atoms with Crippen LogP contribution in [-0.2, 0) is 20.1 Å². The first-order valence-electron chi connectivity index (χ1n) is 6.34. The van der Waals surface area contributed by atoms with Gasteiger partial charge in [-0.1, -0.05) is 12.1 Å². The molecule has 0 aliphatic heterocycles. The number of fused-ring (bicyclic) bond motifs is 1. The fraction of sp³-hybridized carbons (Fsp3) is 0.267. The van der Waals surface area contributed by atoms with Gasteiger partial charge in [-0.3, -0.25) is 4.90 Å². The Morgan fingerprint density at radius 3 is 2.79 bits per heavy atom. The zero-order valence-corrected chi connectivity index (χ0v) is 12.0. The standard InChI is InChI=1S/C15H17N3S/c1-17(9-12-7-8-19-11-12)10-15-16-13-5-3-4-6-14(13)18(15)2/h3-8,11H,9-10H2,1-2H3. The van der Waals surface area contributed by atoms with Crippen molar-refractivity contribution in [3.63, 3.8) is 0 Å². The summed E-state index contributed by atoms with van der Waals surface area (Å²) in [6.07, 6.45) is 0. The van der Waals surface area contributed by atoms with Gasteiger partial charge in [0.05, 0.1) is 17.6 Å². The van der Waals surface area contributed by atoms with Crippen LogP contribution < -0.4 is 0 Å². The van der Waals surface area contributed by atoms with Crippen molar-refractivity contribution in [2.24, 2.45) is 7.05 Å². The zero-order chi connectivity index (χ0) is 13.2. The van der Waals surface area contributed by atoms with Gasteiger partial charge in [0.15, 0.2) is 0 Å². The molecule has 0 bridgehead atoms. The monoisotopic (exact) mass is 271 g/mol. The van der Waals surface area contributed by atoms with Gasteiger partial charge in [0.1, 0.15) is 5.82 Å². The number of aromatic nitrogens is 2. The Morgan fingerprint density at radius 1 is 1.21 bits per heavy atom. The van der Waals surface area contributed by atoms with Gasteiger partial charge in [0.2, 0.25) is 0 Å². The van der Waals surface area contributed by atoms with Crippen molar-refractivity contribution < 1.29 is 0 Å². The Morgan fingerprint density at radius 2 is 2.05 bits per heavy atom. The van der Waals surface area contributed by atoms with Crippen LogP contribution in [0.25, 0.3) is 11.0 Å². The van der Waals surface area contributed by atoms with E-state index in [0.29, 0.717) is 0 Å². The largest absolute Gasteiger partial charge is 0.330 e. The average molecular weight is 271 g/mol. The molecule has 0 radical (unpaired) electrons. The highest BCUT2D eigenvalue weighted by atomic mass is 32.1. The van der Waals surface area contributed by atoms with Crippen molar-refractivity contribution in [2.75, 3.05) is 7.05 Å². The first kappa shape index (κ1) is 12.4. The first-order valence-corrected chi connectivity index (χ1v) is 7.28. The summed E-state index contributed by atoms with van der Waals surface area (Å²) in [5, 5.41) is 4.32. The van der Waals surface area contributed by atoms with Crippen LogP contribution in [-0.4, -0.2) is 21.5 Å². The molecule has 0 atom stereocenters. The molecule has 2 heterocycles. The molecule has 0 aliphatic carbocycles. The third kappa shape index (κ3) is 2.55. The van der Waals surface area contributed by atoms with Crippen molar-refractivity contribution in [1.29, 1.82) is 0 Å². The Kier molecular flexibility index (Phi) is 3.36. The van der Waals surface area contributed by atoms with Crippen molar-refractivity contribution >= 4 is 22.4 Å². The van der Waals surface area contributed by atoms with Crippen LogP contribution >= 0.6 is 11.3 Å². The molecule has 0 saturated carbocycles. The van der Waals surface area contributed by atoms with E-state index in [-0.39, 0.29) is 0 Å². The number of hydrogen-bond acceptors (Lipinski definition) is 3. The van der Waals surface area contributed by atoms with E-state index >= 15 is 0 Å². The summed E-state index contributed by atoms with van der Waals surface area (Å²) in [7, 11) is 4.22. The Balaban J connectivity index is 1.79. The summed E-state index contributed by atoms with van der Waals surface area (Å²) in [6.45, 7) is 1.83. The van der Waals surface area contributed by atoms with Crippen molar-refractivity contribution in [3.05, 3.63) is 52.5 Å². The second-order valence-corrected chi connectivity index (χ2v) is 5.66. The summed E-state index contributed by atoms with van der Waals surface area (Å²) in [4.78, 5) is 7.00. The van der Waals surface area contributed by atoms with Crippen LogP contribution in [0.4, 0.5) is 0 Å². The quantitative estimate of drug-likeness (QED) is 0.726. The first-order chi connectivity index (χ1) is 9.24. The lowest BCUT2D eigenvalue weighted by molar-refractivity contribution is 0.308. The SMILES string of the molecule is CN(Cc1ccsc1)Cc1nc2ccccc2n1C. The van der Waals surface area contributed by atoms with Crippen molar-refractivity contribution in [2.45, 2.75) is 13.1 Å². The van der Waals surface area contributed by atoms with Crippen LogP contribution in [0.3, 0.4) is 0 Å². The van der Waals surface area contributed by atoms with E-state index in [1.807, 2.05) is 6.07 Å². The molecule has 3 aromatic rings. The van der Waals surface area contributed by atoms with Gasteiger partial charge in [-0.05, 0) is 41.6 Å². The van der Waals surface area contributed by atoms with E-state index in [9.17, 15) is 0 Å². The lowest BCUT2D eigenvalue weighted by Gasteiger charge is -2.15. The predicted molar refractivity (Wildman–Crippen MR) is 80.2 cm³/mol. The van der Waals surface area contributed by atoms with Crippen molar-refractivity contribution in [3.8, 4) is 0 Å². The smallest absolute Gasteiger partial charge is 0.123 e. The molecule has 0 fully saturated rings. The molecular weight excluding hydrogens is 254 g/mol. The molecule has 0 aliphatic rings. The van der Waals surface area contributed by atoms with E-state index in [1.54, 1.807) is 11.3 Å². The fourth-order valence-corrected chi connectivity index (χ4v) is 2.99. The molecule has 0 N–H and O–H groups in total. The molecule has 0 saturated heterocycles. The molecule has 1 aromatic carbocycles. The summed E-state index contributed by atoms with van der Waals surface area (Å²) in [6, 6.07) is 10.5. The number of benzene rings is 1. The number of hydrogen-bond donors (Lipinski definition) is 0. The Bertz CT molecular complexity index is 670. The van der Waals surface area contributed by atoms with E-state index in [2.05, 4.69) is 58.6 Å². The number of aryl methyl sites for hydroxylation is 1. The molecule has 0 unspecified atom stereocenters. The number of thiophene rings is 1. The topological polar surface area (TPSA) is 21.1 Å². The maximum atomic E-state index is 4.71. The van der Waals surface area contributed by atoms with Gasteiger partial charge in [-0.25, -0.2) is 4.98 Å². The molecule has 4 heteroatoms. The van der Waals surface area contributed by atoms with E-state index in [0.717, 1.165) is 24.4 Å². The summed E-state index contributed by atoms with van der Waals surface area (Å²) in [5.41, 5.74) is 3.64. The highest BCUT2D eigenvalue weighted by molar-refractivity contribution is 7.07. The number of para-hydroxylation sites is 2. The summed E-state index contributed by atoms with van der Waals surface area (Å²) < 4.78 is 2.18. The number of rotatable bonds is 4. The lowest BCUT2D eigenvalue weighted by atomic mass is 10.3. The van der Waals surface area contributed by atoms with Gasteiger partial charge in [-0.2, -0.15) is 11.3 Å². The highest BCUT2D eigenvalue weighted by Gasteiger charge is 2.09. The van der Waals surface area contributed by atoms with Gasteiger partial charge in [0, 0.05) is 13.6 Å². The normalized spacial score (nSPS) is 11.5. The van der Waals surface area contributed by atoms with Gasteiger partial charge < -0.3 is 4.57 Å². The lowest BCUT2D eigenvalue weighted by Crippen LogP contribution is -2.19. The summed E-state index contributed by atoms with van der Waals surface area (Å²) in [5.74, 6) is 1.11. The minimum atomic E-state index is 0.862. The van der Waals surface area contributed by atoms with Crippen molar-refractivity contribution in [1.82, 2.24) is 14.5 Å². The van der Waals surface area contributed by atoms with Gasteiger partial charge >= 0.3 is 0 Å². The Hall–Kier alpha value is -1.65. The zero-order valence-electron chi connectivity index (χ0n) is 11.2. The van der Waals surface area contributed by atoms with Gasteiger partial charge in [0.25, 0.3) is 0 Å². The third-order valence-corrected chi connectivity index (χ3v) is 4.06. The molecule has 2 aromatic heterocycles. The molecular formula is C15H17N3S. The number of nitrogens with zero attached hydrogens (tertiary/aromatic N) is 3. The van der Waals surface area contributed by atoms with E-state index in [4.69, 9.17) is 4.98 Å². The Labute approximate surface area is 117 Å². The second kappa shape index (κ2) is 5.15. The summed E-state index contributed by atoms with van der Waals surface area (Å²) >= 11 is 1.75. The van der Waals surface area contributed by atoms with Crippen LogP contribution in [0, 0.1) is 0 Å². The van der Waals surface area contributed by atoms with Crippen LogP contribution in [0.15, 0.2) is 41.1 Å². The molecule has 98 valence electrons. The average Bonchev–Trinajstić information content (AvgIpc) is 3.00. The second-order valence-electron chi connectivity index (χ2n) is 4.88. The van der Waals surface area contributed by atoms with Gasteiger partial charge in [-0.15, -0.1) is 0 Å². The molecule has 19 heavy (non-hydrogen) atoms. The minimum absolute atomic E-state index is 0.862. The highest BCUT2D eigenvalue weighted by Crippen LogP contribution is 2.16. The predicted octanol–water partition coefficient (Wildman–Crippen LogP) is 3.27. The molecule has 0 spiro atoms. The van der Waals surface area contributed by atoms with E-state index in [1.165, 1.54) is 11.1 Å². The van der Waals surface area contributed by atoms with Crippen LogP contribution in [0.5, 0.6) is 0 Å². The third-order valence-electron chi connectivity index (χ3n) is 3.32. The number of imidazole rings is 1. The molecule has 0 amide bonds.